The summed E-state index contributed by atoms with van der Waals surface area (Å²) in [5.74, 6) is 1.35. The van der Waals surface area contributed by atoms with Gasteiger partial charge in [-0.2, -0.15) is 4.37 Å². The summed E-state index contributed by atoms with van der Waals surface area (Å²) < 4.78 is 4.39. The Kier molecular flexibility index (Phi) is 3.61. The van der Waals surface area contributed by atoms with Crippen LogP contribution in [0.5, 0.6) is 0 Å². The van der Waals surface area contributed by atoms with Crippen molar-refractivity contribution in [3.05, 3.63) is 24.5 Å². The first kappa shape index (κ1) is 13.4. The molecule has 0 spiro atoms. The molecule has 0 aliphatic carbocycles. The van der Waals surface area contributed by atoms with E-state index in [1.54, 1.807) is 12.4 Å². The van der Waals surface area contributed by atoms with Crippen molar-refractivity contribution in [3.8, 4) is 11.1 Å². The molecule has 3 rings (SSSR count). The van der Waals surface area contributed by atoms with Crippen LogP contribution in [0.15, 0.2) is 24.5 Å². The second kappa shape index (κ2) is 5.40. The van der Waals surface area contributed by atoms with Crippen LogP contribution in [-0.4, -0.2) is 21.9 Å². The third-order valence-electron chi connectivity index (χ3n) is 4.05. The smallest absolute Gasteiger partial charge is 0.147 e. The Morgan fingerprint density at radius 3 is 2.75 bits per heavy atom. The second-order valence-corrected chi connectivity index (χ2v) is 6.42. The number of pyridine rings is 1. The number of rotatable bonds is 2. The van der Waals surface area contributed by atoms with E-state index in [9.17, 15) is 0 Å². The average molecular weight is 288 g/mol. The molecule has 2 atom stereocenters. The third-order valence-corrected chi connectivity index (χ3v) is 4.95. The van der Waals surface area contributed by atoms with Crippen molar-refractivity contribution in [2.45, 2.75) is 32.7 Å². The van der Waals surface area contributed by atoms with Crippen molar-refractivity contribution >= 4 is 22.4 Å². The summed E-state index contributed by atoms with van der Waals surface area (Å²) in [6, 6.07) is 4.55. The van der Waals surface area contributed by atoms with Gasteiger partial charge in [-0.3, -0.25) is 4.98 Å². The molecule has 106 valence electrons. The Bertz CT molecular complexity index is 581. The Balaban J connectivity index is 2.02. The highest BCUT2D eigenvalue weighted by Gasteiger charge is 2.27. The van der Waals surface area contributed by atoms with Crippen LogP contribution in [0.2, 0.25) is 0 Å². The van der Waals surface area contributed by atoms with Gasteiger partial charge in [0.05, 0.1) is 5.56 Å². The van der Waals surface area contributed by atoms with Crippen LogP contribution in [0.25, 0.3) is 11.1 Å². The molecule has 5 heteroatoms. The fraction of sp³-hybridized carbons (Fsp3) is 0.467. The lowest BCUT2D eigenvalue weighted by molar-refractivity contribution is 0.392. The van der Waals surface area contributed by atoms with Gasteiger partial charge in [0, 0.05) is 25.0 Å². The average Bonchev–Trinajstić information content (AvgIpc) is 2.84. The fourth-order valence-corrected chi connectivity index (χ4v) is 3.80. The van der Waals surface area contributed by atoms with E-state index < -0.39 is 0 Å². The van der Waals surface area contributed by atoms with Crippen molar-refractivity contribution in [3.63, 3.8) is 0 Å². The highest BCUT2D eigenvalue weighted by Crippen LogP contribution is 2.41. The van der Waals surface area contributed by atoms with Gasteiger partial charge in [0.2, 0.25) is 0 Å². The van der Waals surface area contributed by atoms with Crippen LogP contribution >= 0.6 is 11.5 Å². The maximum atomic E-state index is 6.11. The molecule has 2 N–H and O–H groups in total. The van der Waals surface area contributed by atoms with Gasteiger partial charge in [-0.1, -0.05) is 6.92 Å². The SMILES string of the molecule is CC1CCC(C)N(c2snc(N)c2-c2ccncc2)C1. The van der Waals surface area contributed by atoms with Gasteiger partial charge in [-0.25, -0.2) is 0 Å². The summed E-state index contributed by atoms with van der Waals surface area (Å²) in [6.07, 6.45) is 6.14. The Labute approximate surface area is 123 Å². The van der Waals surface area contributed by atoms with E-state index in [1.165, 1.54) is 29.4 Å². The van der Waals surface area contributed by atoms with Crippen LogP contribution in [0, 0.1) is 5.92 Å². The van der Waals surface area contributed by atoms with Gasteiger partial charge < -0.3 is 10.6 Å². The molecule has 1 aliphatic rings. The van der Waals surface area contributed by atoms with Crippen LogP contribution in [0.3, 0.4) is 0 Å². The quantitative estimate of drug-likeness (QED) is 0.920. The molecule has 0 saturated carbocycles. The number of piperidine rings is 1. The Hall–Kier alpha value is -1.62. The molecule has 0 bridgehead atoms. The Morgan fingerprint density at radius 1 is 1.25 bits per heavy atom. The van der Waals surface area contributed by atoms with E-state index in [4.69, 9.17) is 5.73 Å². The van der Waals surface area contributed by atoms with Crippen LogP contribution in [0.1, 0.15) is 26.7 Å². The number of nitrogen functional groups attached to an aromatic ring is 1. The molecule has 0 radical (unpaired) electrons. The summed E-state index contributed by atoms with van der Waals surface area (Å²) in [4.78, 5) is 6.55. The molecule has 1 fully saturated rings. The molecule has 3 heterocycles. The molecule has 20 heavy (non-hydrogen) atoms. The van der Waals surface area contributed by atoms with Crippen molar-refractivity contribution in [1.82, 2.24) is 9.36 Å². The number of anilines is 2. The topological polar surface area (TPSA) is 55.0 Å². The lowest BCUT2D eigenvalue weighted by Crippen LogP contribution is -2.40. The van der Waals surface area contributed by atoms with Gasteiger partial charge in [0.1, 0.15) is 10.8 Å². The summed E-state index contributed by atoms with van der Waals surface area (Å²) >= 11 is 1.51. The molecular weight excluding hydrogens is 268 g/mol. The van der Waals surface area contributed by atoms with Crippen molar-refractivity contribution in [2.75, 3.05) is 17.2 Å². The first-order valence-electron chi connectivity index (χ1n) is 7.09. The molecular formula is C15H20N4S. The minimum Gasteiger partial charge on any atom is -0.382 e. The van der Waals surface area contributed by atoms with E-state index in [1.807, 2.05) is 12.1 Å². The van der Waals surface area contributed by atoms with Gasteiger partial charge in [-0.15, -0.1) is 0 Å². The highest BCUT2D eigenvalue weighted by molar-refractivity contribution is 7.11. The predicted molar refractivity (Wildman–Crippen MR) is 85.0 cm³/mol. The van der Waals surface area contributed by atoms with Gasteiger partial charge in [-0.05, 0) is 54.9 Å². The summed E-state index contributed by atoms with van der Waals surface area (Å²) in [5, 5.41) is 1.20. The number of hydrogen-bond acceptors (Lipinski definition) is 5. The normalized spacial score (nSPS) is 23.0. The lowest BCUT2D eigenvalue weighted by atomic mass is 9.95. The number of nitrogens with zero attached hydrogens (tertiary/aromatic N) is 3. The lowest BCUT2D eigenvalue weighted by Gasteiger charge is -2.38. The first-order chi connectivity index (χ1) is 9.66. The Morgan fingerprint density at radius 2 is 2.00 bits per heavy atom. The largest absolute Gasteiger partial charge is 0.382 e. The zero-order valence-corrected chi connectivity index (χ0v) is 12.7. The van der Waals surface area contributed by atoms with Crippen molar-refractivity contribution < 1.29 is 0 Å². The van der Waals surface area contributed by atoms with E-state index in [0.717, 1.165) is 23.6 Å². The summed E-state index contributed by atoms with van der Waals surface area (Å²) in [7, 11) is 0. The summed E-state index contributed by atoms with van der Waals surface area (Å²) in [5.41, 5.74) is 8.28. The maximum absolute atomic E-state index is 6.11. The van der Waals surface area contributed by atoms with E-state index in [2.05, 4.69) is 28.1 Å². The maximum Gasteiger partial charge on any atom is 0.147 e. The number of hydrogen-bond donors (Lipinski definition) is 1. The highest BCUT2D eigenvalue weighted by atomic mass is 32.1. The third kappa shape index (κ3) is 2.38. The second-order valence-electron chi connectivity index (χ2n) is 5.67. The standard InChI is InChI=1S/C15H20N4S/c1-10-3-4-11(2)19(9-10)15-13(14(16)18-20-15)12-5-7-17-8-6-12/h5-8,10-11H,3-4,9H2,1-2H3,(H2,16,18). The molecule has 1 saturated heterocycles. The number of nitrogens with two attached hydrogens (primary N) is 1. The van der Waals surface area contributed by atoms with Crippen LogP contribution in [-0.2, 0) is 0 Å². The van der Waals surface area contributed by atoms with Gasteiger partial charge in [0.15, 0.2) is 0 Å². The van der Waals surface area contributed by atoms with Gasteiger partial charge in [0.25, 0.3) is 0 Å². The fourth-order valence-electron chi connectivity index (χ4n) is 2.85. The van der Waals surface area contributed by atoms with Crippen LogP contribution < -0.4 is 10.6 Å². The van der Waals surface area contributed by atoms with Crippen LogP contribution in [0.4, 0.5) is 10.8 Å². The number of aromatic nitrogens is 2. The van der Waals surface area contributed by atoms with E-state index >= 15 is 0 Å². The molecule has 0 aromatic carbocycles. The monoisotopic (exact) mass is 288 g/mol. The van der Waals surface area contributed by atoms with Crippen molar-refractivity contribution in [2.24, 2.45) is 5.92 Å². The van der Waals surface area contributed by atoms with E-state index in [0.29, 0.717) is 11.9 Å². The van der Waals surface area contributed by atoms with Gasteiger partial charge >= 0.3 is 0 Å². The van der Waals surface area contributed by atoms with Crippen molar-refractivity contribution in [1.29, 1.82) is 0 Å². The molecule has 1 aliphatic heterocycles. The molecule has 2 aromatic heterocycles. The molecule has 4 nitrogen and oxygen atoms in total. The zero-order chi connectivity index (χ0) is 14.1. The first-order valence-corrected chi connectivity index (χ1v) is 7.86. The summed E-state index contributed by atoms with van der Waals surface area (Å²) in [6.45, 7) is 5.69. The minimum atomic E-state index is 0.548. The molecule has 0 amide bonds. The molecule has 2 unspecified atom stereocenters. The zero-order valence-electron chi connectivity index (χ0n) is 11.9. The van der Waals surface area contributed by atoms with E-state index in [-0.39, 0.29) is 0 Å². The minimum absolute atomic E-state index is 0.548. The molecule has 2 aromatic rings. The predicted octanol–water partition coefficient (Wildman–Crippen LogP) is 3.41.